The topological polar surface area (TPSA) is 60.8 Å². The highest BCUT2D eigenvalue weighted by atomic mass is 19.4. The summed E-state index contributed by atoms with van der Waals surface area (Å²) in [4.78, 5) is 24.8. The minimum Gasteiger partial charge on any atom is -0.485 e. The van der Waals surface area contributed by atoms with Crippen LogP contribution in [-0.4, -0.2) is 22.4 Å². The third-order valence-electron chi connectivity index (χ3n) is 6.80. The minimum absolute atomic E-state index is 0.0261. The van der Waals surface area contributed by atoms with E-state index in [1.807, 2.05) is 30.3 Å². The number of nitrogens with zero attached hydrogens (tertiary/aromatic N) is 2. The molecule has 0 spiro atoms. The van der Waals surface area contributed by atoms with Crippen molar-refractivity contribution in [1.29, 1.82) is 0 Å². The summed E-state index contributed by atoms with van der Waals surface area (Å²) in [5.41, 5.74) is 1.59. The molecule has 1 fully saturated rings. The Morgan fingerprint density at radius 1 is 1.11 bits per heavy atom. The zero-order valence-electron chi connectivity index (χ0n) is 20.1. The molecule has 2 aliphatic heterocycles. The number of carbonyl (C=O) groups excluding carboxylic acids is 1. The molecule has 1 atom stereocenters. The Hall–Kier alpha value is -3.75. The van der Waals surface area contributed by atoms with Crippen LogP contribution in [0.15, 0.2) is 59.5 Å². The Balaban J connectivity index is 1.69. The maximum Gasteiger partial charge on any atom is 0.573 e. The van der Waals surface area contributed by atoms with Gasteiger partial charge in [-0.1, -0.05) is 30.3 Å². The van der Waals surface area contributed by atoms with Gasteiger partial charge >= 0.3 is 6.36 Å². The average Bonchev–Trinajstić information content (AvgIpc) is 3.12. The third kappa shape index (κ3) is 4.23. The molecule has 2 aromatic carbocycles. The number of alkyl halides is 3. The monoisotopic (exact) mass is 498 g/mol. The lowest BCUT2D eigenvalue weighted by atomic mass is 9.93. The van der Waals surface area contributed by atoms with Crippen LogP contribution in [0.4, 0.5) is 13.2 Å². The van der Waals surface area contributed by atoms with Crippen LogP contribution in [0.1, 0.15) is 61.1 Å². The molecule has 0 radical (unpaired) electrons. The summed E-state index contributed by atoms with van der Waals surface area (Å²) >= 11 is 0. The van der Waals surface area contributed by atoms with E-state index >= 15 is 0 Å². The van der Waals surface area contributed by atoms with Gasteiger partial charge in [-0.05, 0) is 56.9 Å². The zero-order valence-corrected chi connectivity index (χ0v) is 20.1. The van der Waals surface area contributed by atoms with E-state index in [-0.39, 0.29) is 35.3 Å². The number of hydrogen-bond acceptors (Lipinski definition) is 5. The first-order chi connectivity index (χ1) is 16.9. The maximum atomic E-state index is 13.4. The number of aromatic nitrogens is 1. The van der Waals surface area contributed by atoms with Gasteiger partial charge in [0, 0.05) is 17.8 Å². The van der Waals surface area contributed by atoms with Crippen LogP contribution in [0, 0.1) is 0 Å². The highest BCUT2D eigenvalue weighted by Crippen LogP contribution is 2.51. The van der Waals surface area contributed by atoms with Gasteiger partial charge in [-0.15, -0.1) is 13.2 Å². The van der Waals surface area contributed by atoms with Gasteiger partial charge in [0.05, 0.1) is 22.8 Å². The van der Waals surface area contributed by atoms with Gasteiger partial charge in [-0.3, -0.25) is 19.3 Å². The Labute approximate surface area is 205 Å². The lowest BCUT2D eigenvalue weighted by Gasteiger charge is -2.44. The van der Waals surface area contributed by atoms with Crippen molar-refractivity contribution in [3.05, 3.63) is 81.6 Å². The Morgan fingerprint density at radius 3 is 2.50 bits per heavy atom. The van der Waals surface area contributed by atoms with Crippen molar-refractivity contribution in [2.24, 2.45) is 0 Å². The number of carbonyl (C=O) groups is 1. The van der Waals surface area contributed by atoms with Crippen molar-refractivity contribution in [1.82, 2.24) is 4.68 Å². The quantitative estimate of drug-likeness (QED) is 0.419. The zero-order chi connectivity index (χ0) is 25.8. The van der Waals surface area contributed by atoms with E-state index in [1.54, 1.807) is 10.7 Å². The van der Waals surface area contributed by atoms with Gasteiger partial charge in [0.25, 0.3) is 0 Å². The molecule has 6 nitrogen and oxygen atoms in total. The summed E-state index contributed by atoms with van der Waals surface area (Å²) in [5.74, 6) is -0.895. The van der Waals surface area contributed by atoms with Crippen molar-refractivity contribution in [2.45, 2.75) is 58.2 Å². The predicted molar refractivity (Wildman–Crippen MR) is 128 cm³/mol. The van der Waals surface area contributed by atoms with Gasteiger partial charge in [0.15, 0.2) is 22.7 Å². The second-order valence-electron chi connectivity index (χ2n) is 9.76. The summed E-state index contributed by atoms with van der Waals surface area (Å²) in [7, 11) is 0. The van der Waals surface area contributed by atoms with Crippen LogP contribution >= 0.6 is 0 Å². The van der Waals surface area contributed by atoms with Crippen molar-refractivity contribution in [2.75, 3.05) is 5.01 Å². The summed E-state index contributed by atoms with van der Waals surface area (Å²) in [6.45, 7) is 5.49. The first-order valence-corrected chi connectivity index (χ1v) is 11.6. The fourth-order valence-corrected chi connectivity index (χ4v) is 5.17. The normalized spacial score (nSPS) is 17.7. The van der Waals surface area contributed by atoms with Crippen molar-refractivity contribution in [3.8, 4) is 22.8 Å². The lowest BCUT2D eigenvalue weighted by Crippen LogP contribution is -2.50. The average molecular weight is 499 g/mol. The molecule has 0 saturated carbocycles. The first kappa shape index (κ1) is 24.0. The number of hydrogen-bond donors (Lipinski definition) is 0. The highest BCUT2D eigenvalue weighted by molar-refractivity contribution is 5.94. The van der Waals surface area contributed by atoms with E-state index in [2.05, 4.69) is 23.6 Å². The van der Waals surface area contributed by atoms with Crippen LogP contribution in [0.3, 0.4) is 0 Å². The first-order valence-electron chi connectivity index (χ1n) is 11.6. The summed E-state index contributed by atoms with van der Waals surface area (Å²) in [5, 5.41) is 2.09. The van der Waals surface area contributed by atoms with Crippen molar-refractivity contribution >= 4 is 5.78 Å². The van der Waals surface area contributed by atoms with Crippen molar-refractivity contribution < 1.29 is 27.4 Å². The van der Waals surface area contributed by atoms with Gasteiger partial charge in [0.2, 0.25) is 0 Å². The maximum absolute atomic E-state index is 13.4. The van der Waals surface area contributed by atoms with E-state index in [0.717, 1.165) is 24.0 Å². The summed E-state index contributed by atoms with van der Waals surface area (Å²) < 4.78 is 52.0. The van der Waals surface area contributed by atoms with Crippen LogP contribution in [0.5, 0.6) is 11.5 Å². The predicted octanol–water partition coefficient (Wildman–Crippen LogP) is 5.76. The van der Waals surface area contributed by atoms with E-state index < -0.39 is 17.5 Å². The molecule has 0 N–H and O–H groups in total. The number of ether oxygens (including phenoxy) is 2. The molecular formula is C27H25F3N2O4. The van der Waals surface area contributed by atoms with Gasteiger partial charge < -0.3 is 9.47 Å². The second kappa shape index (κ2) is 8.43. The fraction of sp³-hybridized carbons (Fsp3) is 0.333. The van der Waals surface area contributed by atoms with E-state index in [4.69, 9.17) is 4.74 Å². The molecule has 3 aromatic rings. The SMILES string of the molecule is CC(=O)c1cn2c(cc1=O)-c1cc(OC(F)(F)F)c(OCc3ccccc3)cc1[C@H]1CCC(C)(C)N12. The molecule has 0 amide bonds. The largest absolute Gasteiger partial charge is 0.573 e. The Kier molecular flexibility index (Phi) is 5.61. The summed E-state index contributed by atoms with van der Waals surface area (Å²) in [6, 6.07) is 13.1. The van der Waals surface area contributed by atoms with Crippen LogP contribution in [-0.2, 0) is 6.61 Å². The van der Waals surface area contributed by atoms with E-state index in [9.17, 15) is 22.8 Å². The van der Waals surface area contributed by atoms with Crippen LogP contribution < -0.4 is 19.9 Å². The molecule has 5 rings (SSSR count). The number of pyridine rings is 1. The number of Topliss-reactive ketones (excluding diaryl/α,β-unsaturated/α-hetero) is 1. The number of rotatable bonds is 5. The number of fused-ring (bicyclic) bond motifs is 6. The molecular weight excluding hydrogens is 473 g/mol. The standard InChI is InChI=1S/C27H25F3N2O4/c1-16(33)20-14-31-22(13-23(20)34)19-12-25(36-27(28,29)30)24(35-15-17-7-5-4-6-8-17)11-18(19)21-9-10-26(2,3)32(21)31/h4-8,11-14,21H,9-10,15H2,1-3H3/t21-/m1/s1. The molecule has 36 heavy (non-hydrogen) atoms. The third-order valence-corrected chi connectivity index (χ3v) is 6.80. The number of ketones is 1. The highest BCUT2D eigenvalue weighted by Gasteiger charge is 2.45. The molecule has 0 aliphatic carbocycles. The van der Waals surface area contributed by atoms with E-state index in [1.165, 1.54) is 25.3 Å². The molecule has 0 bridgehead atoms. The lowest BCUT2D eigenvalue weighted by molar-refractivity contribution is -0.275. The van der Waals surface area contributed by atoms with Gasteiger partial charge in [-0.2, -0.15) is 0 Å². The Bertz CT molecular complexity index is 1400. The molecule has 2 aliphatic rings. The molecule has 1 aromatic heterocycles. The number of halogens is 3. The Morgan fingerprint density at radius 2 is 1.83 bits per heavy atom. The number of benzene rings is 2. The smallest absolute Gasteiger partial charge is 0.485 e. The van der Waals surface area contributed by atoms with E-state index in [0.29, 0.717) is 11.3 Å². The van der Waals surface area contributed by atoms with Gasteiger partial charge in [-0.25, -0.2) is 0 Å². The molecule has 0 unspecified atom stereocenters. The second-order valence-corrected chi connectivity index (χ2v) is 9.76. The van der Waals surface area contributed by atoms with Gasteiger partial charge in [0.1, 0.15) is 6.61 Å². The van der Waals surface area contributed by atoms with Crippen molar-refractivity contribution in [3.63, 3.8) is 0 Å². The molecule has 188 valence electrons. The van der Waals surface area contributed by atoms with Crippen LogP contribution in [0.25, 0.3) is 11.3 Å². The molecule has 1 saturated heterocycles. The summed E-state index contributed by atoms with van der Waals surface area (Å²) in [6.07, 6.45) is -1.90. The fourth-order valence-electron chi connectivity index (χ4n) is 5.17. The molecule has 3 heterocycles. The van der Waals surface area contributed by atoms with Crippen LogP contribution in [0.2, 0.25) is 0 Å². The minimum atomic E-state index is -4.94. The molecule has 9 heteroatoms.